The predicted molar refractivity (Wildman–Crippen MR) is 71.0 cm³/mol. The van der Waals surface area contributed by atoms with Crippen LogP contribution in [0.4, 0.5) is 4.39 Å². The molecule has 0 spiro atoms. The second kappa shape index (κ2) is 8.14. The third-order valence-corrected chi connectivity index (χ3v) is 2.67. The lowest BCUT2D eigenvalue weighted by Crippen LogP contribution is -2.40. The molecule has 0 aliphatic rings. The van der Waals surface area contributed by atoms with Gasteiger partial charge in [0.15, 0.2) is 0 Å². The highest BCUT2D eigenvalue weighted by Gasteiger charge is 2.16. The first-order valence-electron chi connectivity index (χ1n) is 6.43. The second-order valence-corrected chi connectivity index (χ2v) is 4.27. The van der Waals surface area contributed by atoms with E-state index in [-0.39, 0.29) is 18.1 Å². The highest BCUT2D eigenvalue weighted by atomic mass is 19.1. The van der Waals surface area contributed by atoms with E-state index in [1.54, 1.807) is 6.92 Å². The maximum Gasteiger partial charge on any atom is 0.326 e. The molecule has 1 rings (SSSR count). The number of hydrogen-bond acceptors (Lipinski definition) is 3. The molecule has 0 aliphatic heterocycles. The molecule has 5 nitrogen and oxygen atoms in total. The Labute approximate surface area is 116 Å². The molecule has 20 heavy (non-hydrogen) atoms. The van der Waals surface area contributed by atoms with Gasteiger partial charge in [0.1, 0.15) is 17.6 Å². The van der Waals surface area contributed by atoms with Gasteiger partial charge in [0.05, 0.1) is 6.61 Å². The normalized spacial score (nSPS) is 11.7. The van der Waals surface area contributed by atoms with E-state index in [0.717, 1.165) is 0 Å². The summed E-state index contributed by atoms with van der Waals surface area (Å²) < 4.78 is 18.0. The van der Waals surface area contributed by atoms with Crippen LogP contribution in [0.15, 0.2) is 24.3 Å². The molecule has 0 radical (unpaired) electrons. The van der Waals surface area contributed by atoms with Crippen molar-refractivity contribution in [3.05, 3.63) is 30.1 Å². The molecule has 1 unspecified atom stereocenters. The van der Waals surface area contributed by atoms with E-state index in [9.17, 15) is 14.0 Å². The van der Waals surface area contributed by atoms with Crippen molar-refractivity contribution in [3.63, 3.8) is 0 Å². The van der Waals surface area contributed by atoms with E-state index in [4.69, 9.17) is 9.84 Å². The molecule has 0 bridgehead atoms. The van der Waals surface area contributed by atoms with Gasteiger partial charge in [-0.1, -0.05) is 6.92 Å². The fraction of sp³-hybridized carbons (Fsp3) is 0.429. The van der Waals surface area contributed by atoms with Crippen LogP contribution in [0, 0.1) is 5.82 Å². The van der Waals surface area contributed by atoms with Crippen molar-refractivity contribution in [3.8, 4) is 5.75 Å². The van der Waals surface area contributed by atoms with Crippen molar-refractivity contribution in [1.29, 1.82) is 0 Å². The maximum atomic E-state index is 12.6. The number of carboxylic acid groups (broad SMARTS) is 1. The molecule has 0 aliphatic carbocycles. The van der Waals surface area contributed by atoms with Crippen molar-refractivity contribution in [1.82, 2.24) is 5.32 Å². The maximum absolute atomic E-state index is 12.6. The van der Waals surface area contributed by atoms with Crippen molar-refractivity contribution in [2.45, 2.75) is 32.2 Å². The average Bonchev–Trinajstić information content (AvgIpc) is 2.42. The van der Waals surface area contributed by atoms with Gasteiger partial charge in [0.25, 0.3) is 0 Å². The molecular weight excluding hydrogens is 265 g/mol. The molecule has 0 aromatic heterocycles. The minimum absolute atomic E-state index is 0.185. The van der Waals surface area contributed by atoms with E-state index in [1.165, 1.54) is 24.3 Å². The van der Waals surface area contributed by atoms with Gasteiger partial charge in [0.2, 0.25) is 5.91 Å². The summed E-state index contributed by atoms with van der Waals surface area (Å²) in [5.41, 5.74) is 0. The van der Waals surface area contributed by atoms with Crippen LogP contribution in [0.25, 0.3) is 0 Å². The number of hydrogen-bond donors (Lipinski definition) is 2. The Morgan fingerprint density at radius 3 is 2.55 bits per heavy atom. The number of halogens is 1. The van der Waals surface area contributed by atoms with Crippen molar-refractivity contribution >= 4 is 11.9 Å². The molecule has 110 valence electrons. The molecule has 6 heteroatoms. The lowest BCUT2D eigenvalue weighted by molar-refractivity contribution is -0.141. The summed E-state index contributed by atoms with van der Waals surface area (Å²) in [6.07, 6.45) is 0.984. The summed E-state index contributed by atoms with van der Waals surface area (Å²) in [7, 11) is 0. The molecule has 2 N–H and O–H groups in total. The Hall–Kier alpha value is -2.11. The average molecular weight is 283 g/mol. The van der Waals surface area contributed by atoms with Crippen LogP contribution in [0.2, 0.25) is 0 Å². The second-order valence-electron chi connectivity index (χ2n) is 4.27. The van der Waals surface area contributed by atoms with Crippen LogP contribution in [-0.2, 0) is 9.59 Å². The molecule has 1 atom stereocenters. The van der Waals surface area contributed by atoms with Crippen LogP contribution in [-0.4, -0.2) is 29.6 Å². The van der Waals surface area contributed by atoms with Gasteiger partial charge in [0, 0.05) is 6.42 Å². The molecule has 1 aromatic rings. The zero-order valence-electron chi connectivity index (χ0n) is 11.3. The Morgan fingerprint density at radius 1 is 1.35 bits per heavy atom. The monoisotopic (exact) mass is 283 g/mol. The van der Waals surface area contributed by atoms with Crippen LogP contribution in [0.1, 0.15) is 26.2 Å². The summed E-state index contributed by atoms with van der Waals surface area (Å²) in [5, 5.41) is 11.2. The summed E-state index contributed by atoms with van der Waals surface area (Å²) in [5.74, 6) is -1.16. The first kappa shape index (κ1) is 15.9. The van der Waals surface area contributed by atoms with Crippen molar-refractivity contribution in [2.24, 2.45) is 0 Å². The summed E-state index contributed by atoms with van der Waals surface area (Å²) in [4.78, 5) is 22.2. The molecule has 0 saturated carbocycles. The summed E-state index contributed by atoms with van der Waals surface area (Å²) >= 11 is 0. The van der Waals surface area contributed by atoms with Gasteiger partial charge in [-0.2, -0.15) is 0 Å². The molecule has 0 heterocycles. The number of ether oxygens (including phenoxy) is 1. The topological polar surface area (TPSA) is 75.6 Å². The fourth-order valence-electron chi connectivity index (χ4n) is 1.56. The number of amides is 1. The summed E-state index contributed by atoms with van der Waals surface area (Å²) in [6, 6.07) is 4.75. The highest BCUT2D eigenvalue weighted by Crippen LogP contribution is 2.11. The molecule has 1 aromatic carbocycles. The quantitative estimate of drug-likeness (QED) is 0.715. The summed E-state index contributed by atoms with van der Waals surface area (Å²) in [6.45, 7) is 2.00. The third-order valence-electron chi connectivity index (χ3n) is 2.67. The van der Waals surface area contributed by atoms with E-state index < -0.39 is 12.0 Å². The zero-order valence-corrected chi connectivity index (χ0v) is 11.3. The van der Waals surface area contributed by atoms with E-state index in [0.29, 0.717) is 25.2 Å². The Bertz CT molecular complexity index is 447. The third kappa shape index (κ3) is 5.69. The standard InChI is InChI=1S/C14H18FNO4/c1-2-12(14(18)19)16-13(17)4-3-9-20-11-7-5-10(15)6-8-11/h5-8,12H,2-4,9H2,1H3,(H,16,17)(H,18,19). The van der Waals surface area contributed by atoms with Crippen molar-refractivity contribution in [2.75, 3.05) is 6.61 Å². The van der Waals surface area contributed by atoms with Gasteiger partial charge >= 0.3 is 5.97 Å². The van der Waals surface area contributed by atoms with Crippen molar-refractivity contribution < 1.29 is 23.8 Å². The first-order chi connectivity index (χ1) is 9.52. The molecule has 0 fully saturated rings. The van der Waals surface area contributed by atoms with E-state index in [1.807, 2.05) is 0 Å². The Kier molecular flexibility index (Phi) is 6.49. The smallest absolute Gasteiger partial charge is 0.326 e. The number of nitrogens with one attached hydrogen (secondary N) is 1. The first-order valence-corrected chi connectivity index (χ1v) is 6.43. The van der Waals surface area contributed by atoms with Gasteiger partial charge in [-0.15, -0.1) is 0 Å². The van der Waals surface area contributed by atoms with Gasteiger partial charge in [-0.25, -0.2) is 9.18 Å². The number of carbonyl (C=O) groups is 2. The number of carbonyl (C=O) groups excluding carboxylic acids is 1. The van der Waals surface area contributed by atoms with Crippen LogP contribution in [0.5, 0.6) is 5.75 Å². The van der Waals surface area contributed by atoms with Gasteiger partial charge in [-0.05, 0) is 37.1 Å². The number of aliphatic carboxylic acids is 1. The lowest BCUT2D eigenvalue weighted by Gasteiger charge is -2.12. The SMILES string of the molecule is CCC(NC(=O)CCCOc1ccc(F)cc1)C(=O)O. The molecular formula is C14H18FNO4. The molecule has 1 amide bonds. The minimum atomic E-state index is -1.04. The van der Waals surface area contributed by atoms with E-state index >= 15 is 0 Å². The van der Waals surface area contributed by atoms with Crippen LogP contribution in [0.3, 0.4) is 0 Å². The van der Waals surface area contributed by atoms with E-state index in [2.05, 4.69) is 5.32 Å². The minimum Gasteiger partial charge on any atom is -0.494 e. The van der Waals surface area contributed by atoms with Crippen LogP contribution < -0.4 is 10.1 Å². The number of carboxylic acids is 1. The fourth-order valence-corrected chi connectivity index (χ4v) is 1.56. The predicted octanol–water partition coefficient (Wildman–Crippen LogP) is 1.96. The van der Waals surface area contributed by atoms with Crippen LogP contribution >= 0.6 is 0 Å². The molecule has 0 saturated heterocycles. The lowest BCUT2D eigenvalue weighted by atomic mass is 10.2. The Morgan fingerprint density at radius 2 is 2.00 bits per heavy atom. The van der Waals surface area contributed by atoms with Gasteiger partial charge in [-0.3, -0.25) is 4.79 Å². The highest BCUT2D eigenvalue weighted by molar-refractivity contribution is 5.83. The number of benzene rings is 1. The number of rotatable bonds is 8. The largest absolute Gasteiger partial charge is 0.494 e. The Balaban J connectivity index is 2.22. The zero-order chi connectivity index (χ0) is 15.0. The van der Waals surface area contributed by atoms with Gasteiger partial charge < -0.3 is 15.2 Å².